The predicted molar refractivity (Wildman–Crippen MR) is 112 cm³/mol. The Morgan fingerprint density at radius 3 is 2.46 bits per heavy atom. The smallest absolute Gasteiger partial charge is 0.209 e. The Kier molecular flexibility index (Phi) is 6.60. The normalized spacial score (nSPS) is 15.3. The van der Waals surface area contributed by atoms with E-state index in [0.717, 1.165) is 18.1 Å². The van der Waals surface area contributed by atoms with E-state index in [-0.39, 0.29) is 17.8 Å². The molecule has 0 fully saturated rings. The van der Waals surface area contributed by atoms with E-state index >= 15 is 0 Å². The lowest BCUT2D eigenvalue weighted by Gasteiger charge is -2.17. The highest BCUT2D eigenvalue weighted by molar-refractivity contribution is 7.16. The van der Waals surface area contributed by atoms with Crippen LogP contribution in [0.4, 0.5) is 10.7 Å². The van der Waals surface area contributed by atoms with Gasteiger partial charge in [0.1, 0.15) is 7.05 Å². The molecule has 0 saturated carbocycles. The first-order chi connectivity index (χ1) is 11.9. The van der Waals surface area contributed by atoms with Gasteiger partial charge in [-0.3, -0.25) is 0 Å². The van der Waals surface area contributed by atoms with Gasteiger partial charge in [-0.05, 0) is 58.0 Å². The number of allylic oxidation sites excluding steroid dienone is 1. The lowest BCUT2D eigenvalue weighted by Crippen LogP contribution is -3.00. The van der Waals surface area contributed by atoms with E-state index < -0.39 is 0 Å². The summed E-state index contributed by atoms with van der Waals surface area (Å²) in [4.78, 5) is 3.67. The molecule has 0 atom stereocenters. The fourth-order valence-corrected chi connectivity index (χ4v) is 4.82. The molecule has 2 nitrogen and oxygen atoms in total. The zero-order valence-corrected chi connectivity index (χ0v) is 18.3. The molecule has 1 aromatic heterocycles. The third kappa shape index (κ3) is 3.71. The Morgan fingerprint density at radius 2 is 1.81 bits per heavy atom. The Hall–Kier alpha value is -1.29. The molecule has 26 heavy (non-hydrogen) atoms. The average Bonchev–Trinajstić information content (AvgIpc) is 3.10. The molecule has 2 aromatic rings. The standard InChI is InChI=1S/C21H26ClN2S.ClH/c1-6-24(7-2)20-13-10-16(25-20)9-12-19-21(3,4)17-14-15(22)8-11-18(17)23(19)5;/h8-14H,6-7H2,1-5H3;1H/q+1;/p-1. The Morgan fingerprint density at radius 1 is 1.12 bits per heavy atom. The highest BCUT2D eigenvalue weighted by atomic mass is 35.5. The minimum atomic E-state index is -0.0511. The van der Waals surface area contributed by atoms with Gasteiger partial charge in [0.2, 0.25) is 5.69 Å². The van der Waals surface area contributed by atoms with Gasteiger partial charge in [-0.15, -0.1) is 11.3 Å². The summed E-state index contributed by atoms with van der Waals surface area (Å²) in [5.74, 6) is 0. The molecule has 0 radical (unpaired) electrons. The molecule has 1 aliphatic heterocycles. The van der Waals surface area contributed by atoms with Gasteiger partial charge in [0.05, 0.1) is 10.4 Å². The van der Waals surface area contributed by atoms with Gasteiger partial charge in [0.25, 0.3) is 0 Å². The number of benzene rings is 1. The van der Waals surface area contributed by atoms with Crippen LogP contribution in [0.15, 0.2) is 36.4 Å². The van der Waals surface area contributed by atoms with E-state index in [0.29, 0.717) is 0 Å². The minimum Gasteiger partial charge on any atom is -1.00 e. The molecular formula is C21H26Cl2N2S. The lowest BCUT2D eigenvalue weighted by molar-refractivity contribution is -0.401. The van der Waals surface area contributed by atoms with Crippen LogP contribution in [0.2, 0.25) is 5.02 Å². The molecule has 140 valence electrons. The van der Waals surface area contributed by atoms with Gasteiger partial charge in [-0.25, -0.2) is 0 Å². The number of nitrogens with zero attached hydrogens (tertiary/aromatic N) is 2. The second-order valence-electron chi connectivity index (χ2n) is 6.91. The number of rotatable bonds is 5. The number of thiophene rings is 1. The van der Waals surface area contributed by atoms with Crippen LogP contribution in [0.1, 0.15) is 38.1 Å². The van der Waals surface area contributed by atoms with Crippen LogP contribution in [0.5, 0.6) is 0 Å². The Bertz CT molecular complexity index is 845. The van der Waals surface area contributed by atoms with Gasteiger partial charge in [-0.1, -0.05) is 11.6 Å². The number of fused-ring (bicyclic) bond motifs is 1. The van der Waals surface area contributed by atoms with Gasteiger partial charge in [0, 0.05) is 40.7 Å². The maximum absolute atomic E-state index is 6.23. The van der Waals surface area contributed by atoms with Crippen molar-refractivity contribution in [1.29, 1.82) is 0 Å². The molecule has 0 bridgehead atoms. The molecule has 0 N–H and O–H groups in total. The second kappa shape index (κ2) is 8.16. The van der Waals surface area contributed by atoms with E-state index in [9.17, 15) is 0 Å². The fourth-order valence-electron chi connectivity index (χ4n) is 3.61. The third-order valence-electron chi connectivity index (χ3n) is 5.09. The highest BCUT2D eigenvalue weighted by Crippen LogP contribution is 2.40. The van der Waals surface area contributed by atoms with Crippen molar-refractivity contribution >= 4 is 45.4 Å². The van der Waals surface area contributed by atoms with Gasteiger partial charge < -0.3 is 17.3 Å². The number of anilines is 1. The summed E-state index contributed by atoms with van der Waals surface area (Å²) in [5.41, 5.74) is 3.77. The van der Waals surface area contributed by atoms with Crippen LogP contribution >= 0.6 is 22.9 Å². The second-order valence-corrected chi connectivity index (χ2v) is 8.44. The molecule has 0 unspecified atom stereocenters. The van der Waals surface area contributed by atoms with E-state index in [4.69, 9.17) is 11.6 Å². The van der Waals surface area contributed by atoms with Crippen molar-refractivity contribution < 1.29 is 17.0 Å². The quantitative estimate of drug-likeness (QED) is 0.689. The highest BCUT2D eigenvalue weighted by Gasteiger charge is 2.42. The van der Waals surface area contributed by atoms with Crippen molar-refractivity contribution in [2.45, 2.75) is 33.1 Å². The summed E-state index contributed by atoms with van der Waals surface area (Å²) < 4.78 is 2.28. The number of halogens is 2. The van der Waals surface area contributed by atoms with Crippen molar-refractivity contribution in [2.24, 2.45) is 0 Å². The van der Waals surface area contributed by atoms with Crippen molar-refractivity contribution in [2.75, 3.05) is 25.0 Å². The van der Waals surface area contributed by atoms with Crippen LogP contribution in [-0.2, 0) is 5.41 Å². The molecule has 1 aliphatic rings. The van der Waals surface area contributed by atoms with E-state index in [2.05, 4.69) is 80.6 Å². The summed E-state index contributed by atoms with van der Waals surface area (Å²) >= 11 is 8.08. The van der Waals surface area contributed by atoms with Gasteiger partial charge in [0.15, 0.2) is 5.71 Å². The molecule has 3 rings (SSSR count). The molecule has 5 heteroatoms. The molecule has 0 aliphatic carbocycles. The Labute approximate surface area is 172 Å². The number of hydrogen-bond acceptors (Lipinski definition) is 2. The first-order valence-electron chi connectivity index (χ1n) is 8.82. The molecule has 2 heterocycles. The van der Waals surface area contributed by atoms with Crippen molar-refractivity contribution in [3.05, 3.63) is 51.9 Å². The van der Waals surface area contributed by atoms with Gasteiger partial charge in [-0.2, -0.15) is 4.58 Å². The SMILES string of the molecule is CCN(CC)c1ccc(C=CC2=[N+](C)c3ccc(Cl)cc3C2(C)C)s1.[Cl-]. The summed E-state index contributed by atoms with van der Waals surface area (Å²) in [5, 5.41) is 2.14. The summed E-state index contributed by atoms with van der Waals surface area (Å²) in [6, 6.07) is 10.6. The average molecular weight is 409 g/mol. The zero-order valence-electron chi connectivity index (χ0n) is 16.0. The maximum atomic E-state index is 6.23. The summed E-state index contributed by atoms with van der Waals surface area (Å²) in [6.45, 7) is 11.0. The lowest BCUT2D eigenvalue weighted by atomic mass is 9.81. The van der Waals surface area contributed by atoms with E-state index in [1.165, 1.54) is 26.8 Å². The van der Waals surface area contributed by atoms with Crippen molar-refractivity contribution in [3.63, 3.8) is 0 Å². The number of hydrogen-bond donors (Lipinski definition) is 0. The van der Waals surface area contributed by atoms with Crippen LogP contribution in [0.3, 0.4) is 0 Å². The van der Waals surface area contributed by atoms with E-state index in [1.54, 1.807) is 0 Å². The van der Waals surface area contributed by atoms with Crippen LogP contribution in [0, 0.1) is 0 Å². The molecule has 0 saturated heterocycles. The van der Waals surface area contributed by atoms with E-state index in [1.807, 2.05) is 17.4 Å². The van der Waals surface area contributed by atoms with Crippen molar-refractivity contribution in [3.8, 4) is 0 Å². The first-order valence-corrected chi connectivity index (χ1v) is 10.0. The molecular weight excluding hydrogens is 383 g/mol. The van der Waals surface area contributed by atoms with Crippen LogP contribution in [-0.4, -0.2) is 30.4 Å². The van der Waals surface area contributed by atoms with Crippen LogP contribution in [0.25, 0.3) is 6.08 Å². The molecule has 0 spiro atoms. The monoisotopic (exact) mass is 408 g/mol. The third-order valence-corrected chi connectivity index (χ3v) is 6.43. The predicted octanol–water partition coefficient (Wildman–Crippen LogP) is 2.97. The summed E-state index contributed by atoms with van der Waals surface area (Å²) in [7, 11) is 2.14. The largest absolute Gasteiger partial charge is 1.00 e. The fraction of sp³-hybridized carbons (Fsp3) is 0.381. The first kappa shape index (κ1) is 21.0. The molecule has 0 amide bonds. The van der Waals surface area contributed by atoms with Crippen molar-refractivity contribution in [1.82, 2.24) is 0 Å². The Balaban J connectivity index is 0.00000243. The maximum Gasteiger partial charge on any atom is 0.209 e. The zero-order chi connectivity index (χ0) is 18.2. The minimum absolute atomic E-state index is 0. The van der Waals surface area contributed by atoms with Crippen LogP contribution < -0.4 is 17.3 Å². The molecule has 1 aromatic carbocycles. The summed E-state index contributed by atoms with van der Waals surface area (Å²) in [6.07, 6.45) is 4.49. The topological polar surface area (TPSA) is 6.25 Å². The van der Waals surface area contributed by atoms with Gasteiger partial charge >= 0.3 is 0 Å².